The highest BCUT2D eigenvalue weighted by Crippen LogP contribution is 2.40. The Labute approximate surface area is 232 Å². The summed E-state index contributed by atoms with van der Waals surface area (Å²) in [7, 11) is -3.46. The molecule has 1 saturated carbocycles. The third-order valence-corrected chi connectivity index (χ3v) is 8.59. The van der Waals surface area contributed by atoms with Crippen molar-refractivity contribution in [3.8, 4) is 22.9 Å². The molecule has 4 aromatic rings. The van der Waals surface area contributed by atoms with E-state index >= 15 is 0 Å². The SMILES string of the molecule is Cc1cc(NS(=O)(=O)CC2CC2)c2ccccc2c1Oc1nccnc1-c1ccnc(NC2CNCC(F)C2)c1. The number of hydrogen-bond acceptors (Lipinski definition) is 8. The lowest BCUT2D eigenvalue weighted by atomic mass is 10.0. The van der Waals surface area contributed by atoms with E-state index in [9.17, 15) is 12.8 Å². The molecule has 2 aliphatic rings. The van der Waals surface area contributed by atoms with Crippen LogP contribution in [0.1, 0.15) is 24.8 Å². The van der Waals surface area contributed by atoms with Crippen LogP contribution in [0.4, 0.5) is 15.9 Å². The molecule has 9 nitrogen and oxygen atoms in total. The van der Waals surface area contributed by atoms with Gasteiger partial charge in [-0.3, -0.25) is 4.72 Å². The lowest BCUT2D eigenvalue weighted by Crippen LogP contribution is -2.44. The maximum Gasteiger partial charge on any atom is 0.246 e. The van der Waals surface area contributed by atoms with E-state index in [1.807, 2.05) is 43.3 Å². The smallest absolute Gasteiger partial charge is 0.246 e. The van der Waals surface area contributed by atoms with Gasteiger partial charge in [0.25, 0.3) is 0 Å². The molecule has 3 heterocycles. The van der Waals surface area contributed by atoms with Gasteiger partial charge in [0.2, 0.25) is 15.9 Å². The molecule has 1 aliphatic heterocycles. The number of aryl methyl sites for hydroxylation is 1. The molecule has 2 aromatic heterocycles. The second kappa shape index (κ2) is 11.0. The van der Waals surface area contributed by atoms with E-state index in [1.165, 1.54) is 0 Å². The number of nitrogens with one attached hydrogen (secondary N) is 3. The van der Waals surface area contributed by atoms with Crippen molar-refractivity contribution < 1.29 is 17.5 Å². The fraction of sp³-hybridized carbons (Fsp3) is 0.345. The summed E-state index contributed by atoms with van der Waals surface area (Å²) in [5.41, 5.74) is 2.54. The highest BCUT2D eigenvalue weighted by Gasteiger charge is 2.28. The zero-order valence-electron chi connectivity index (χ0n) is 22.1. The van der Waals surface area contributed by atoms with Crippen molar-refractivity contribution in [2.75, 3.05) is 28.9 Å². The normalized spacial score (nSPS) is 19.4. The fourth-order valence-corrected chi connectivity index (χ4v) is 6.61. The van der Waals surface area contributed by atoms with E-state index in [-0.39, 0.29) is 17.7 Å². The maximum absolute atomic E-state index is 13.9. The van der Waals surface area contributed by atoms with Gasteiger partial charge in [-0.1, -0.05) is 24.3 Å². The predicted molar refractivity (Wildman–Crippen MR) is 154 cm³/mol. The molecule has 40 heavy (non-hydrogen) atoms. The van der Waals surface area contributed by atoms with Crippen LogP contribution in [0.5, 0.6) is 11.6 Å². The molecule has 3 N–H and O–H groups in total. The van der Waals surface area contributed by atoms with Crippen LogP contribution in [0.2, 0.25) is 0 Å². The highest BCUT2D eigenvalue weighted by atomic mass is 32.2. The van der Waals surface area contributed by atoms with E-state index in [0.717, 1.165) is 34.7 Å². The number of piperidine rings is 1. The molecule has 2 unspecified atom stereocenters. The quantitative estimate of drug-likeness (QED) is 0.259. The Kier molecular flexibility index (Phi) is 7.24. The van der Waals surface area contributed by atoms with Gasteiger partial charge < -0.3 is 15.4 Å². The minimum absolute atomic E-state index is 0.0710. The van der Waals surface area contributed by atoms with E-state index < -0.39 is 16.2 Å². The van der Waals surface area contributed by atoms with Crippen molar-refractivity contribution in [2.24, 2.45) is 5.92 Å². The topological polar surface area (TPSA) is 118 Å². The zero-order chi connectivity index (χ0) is 27.7. The van der Waals surface area contributed by atoms with E-state index in [4.69, 9.17) is 4.74 Å². The van der Waals surface area contributed by atoms with Crippen molar-refractivity contribution in [2.45, 2.75) is 38.4 Å². The fourth-order valence-electron chi connectivity index (χ4n) is 5.07. The Bertz CT molecular complexity index is 1650. The van der Waals surface area contributed by atoms with Gasteiger partial charge in [-0.15, -0.1) is 0 Å². The van der Waals surface area contributed by atoms with Gasteiger partial charge in [-0.05, 0) is 49.4 Å². The summed E-state index contributed by atoms with van der Waals surface area (Å²) < 4.78 is 48.6. The molecule has 2 atom stereocenters. The number of fused-ring (bicyclic) bond motifs is 1. The van der Waals surface area contributed by atoms with E-state index in [0.29, 0.717) is 48.3 Å². The van der Waals surface area contributed by atoms with Gasteiger partial charge in [-0.25, -0.2) is 27.8 Å². The van der Waals surface area contributed by atoms with E-state index in [1.54, 1.807) is 24.7 Å². The molecular weight excluding hydrogens is 531 g/mol. The molecule has 0 spiro atoms. The van der Waals surface area contributed by atoms with Gasteiger partial charge in [-0.2, -0.15) is 0 Å². The summed E-state index contributed by atoms with van der Waals surface area (Å²) in [5.74, 6) is 1.86. The number of sulfonamides is 1. The van der Waals surface area contributed by atoms with Gasteiger partial charge in [0, 0.05) is 60.5 Å². The molecule has 208 valence electrons. The summed E-state index contributed by atoms with van der Waals surface area (Å²) >= 11 is 0. The minimum Gasteiger partial charge on any atom is -0.436 e. The van der Waals surface area contributed by atoms with Crippen LogP contribution in [-0.4, -0.2) is 54.4 Å². The van der Waals surface area contributed by atoms with Gasteiger partial charge in [0.15, 0.2) is 0 Å². The number of pyridine rings is 1. The van der Waals surface area contributed by atoms with Crippen molar-refractivity contribution in [1.29, 1.82) is 0 Å². The summed E-state index contributed by atoms with van der Waals surface area (Å²) in [6.45, 7) is 2.90. The van der Waals surface area contributed by atoms with Gasteiger partial charge >= 0.3 is 0 Å². The Morgan fingerprint density at radius 3 is 2.62 bits per heavy atom. The van der Waals surface area contributed by atoms with Crippen molar-refractivity contribution in [3.05, 3.63) is 66.6 Å². The Morgan fingerprint density at radius 1 is 1.02 bits per heavy atom. The van der Waals surface area contributed by atoms with Crippen LogP contribution in [0.15, 0.2) is 61.1 Å². The lowest BCUT2D eigenvalue weighted by Gasteiger charge is -2.26. The van der Waals surface area contributed by atoms with Gasteiger partial charge in [0.05, 0.1) is 11.4 Å². The van der Waals surface area contributed by atoms with Crippen molar-refractivity contribution >= 4 is 32.3 Å². The van der Waals surface area contributed by atoms with Crippen LogP contribution in [0, 0.1) is 12.8 Å². The summed E-state index contributed by atoms with van der Waals surface area (Å²) in [4.78, 5) is 13.4. The number of hydrogen-bond donors (Lipinski definition) is 3. The number of alkyl halides is 1. The third-order valence-electron chi connectivity index (χ3n) is 7.14. The Hall–Kier alpha value is -3.83. The lowest BCUT2D eigenvalue weighted by molar-refractivity contribution is 0.255. The number of aromatic nitrogens is 3. The number of nitrogens with zero attached hydrogens (tertiary/aromatic N) is 3. The van der Waals surface area contributed by atoms with Crippen LogP contribution in [0.3, 0.4) is 0 Å². The van der Waals surface area contributed by atoms with Crippen LogP contribution >= 0.6 is 0 Å². The first-order valence-electron chi connectivity index (χ1n) is 13.4. The molecule has 1 aliphatic carbocycles. The first kappa shape index (κ1) is 26.4. The first-order valence-corrected chi connectivity index (χ1v) is 15.1. The number of anilines is 2. The number of benzene rings is 2. The largest absolute Gasteiger partial charge is 0.436 e. The standard InChI is InChI=1S/C29H31FN6O3S/c1-18-12-25(36-40(37,38)17-19-6-7-19)23-4-2-3-5-24(23)28(18)39-29-27(33-10-11-34-29)20-8-9-32-26(13-20)35-22-14-21(30)15-31-16-22/h2-5,8-13,19,21-22,31,36H,6-7,14-17H2,1H3,(H,32,35). The molecule has 1 saturated heterocycles. The number of rotatable bonds is 9. The van der Waals surface area contributed by atoms with Crippen LogP contribution in [-0.2, 0) is 10.0 Å². The Morgan fingerprint density at radius 2 is 1.82 bits per heavy atom. The molecular formula is C29H31FN6O3S. The average molecular weight is 563 g/mol. The van der Waals surface area contributed by atoms with Crippen LogP contribution < -0.4 is 20.1 Å². The molecule has 2 fully saturated rings. The zero-order valence-corrected chi connectivity index (χ0v) is 22.9. The molecule has 0 radical (unpaired) electrons. The molecule has 6 rings (SSSR count). The predicted octanol–water partition coefficient (Wildman–Crippen LogP) is 5.06. The minimum atomic E-state index is -3.46. The van der Waals surface area contributed by atoms with Gasteiger partial charge in [0.1, 0.15) is 23.4 Å². The maximum atomic E-state index is 13.9. The van der Waals surface area contributed by atoms with Crippen LogP contribution in [0.25, 0.3) is 22.0 Å². The summed E-state index contributed by atoms with van der Waals surface area (Å²) in [6.07, 6.45) is 6.26. The first-order chi connectivity index (χ1) is 19.3. The third kappa shape index (κ3) is 6.00. The average Bonchev–Trinajstić information content (AvgIpc) is 3.74. The second-order valence-electron chi connectivity index (χ2n) is 10.5. The number of halogens is 1. The van der Waals surface area contributed by atoms with Crippen molar-refractivity contribution in [1.82, 2.24) is 20.3 Å². The van der Waals surface area contributed by atoms with Crippen molar-refractivity contribution in [3.63, 3.8) is 0 Å². The highest BCUT2D eigenvalue weighted by molar-refractivity contribution is 7.92. The number of ether oxygens (including phenoxy) is 1. The molecule has 0 bridgehead atoms. The Balaban J connectivity index is 1.31. The second-order valence-corrected chi connectivity index (χ2v) is 12.3. The molecule has 0 amide bonds. The molecule has 11 heteroatoms. The molecule has 2 aromatic carbocycles. The summed E-state index contributed by atoms with van der Waals surface area (Å²) in [5, 5.41) is 7.88. The van der Waals surface area contributed by atoms with E-state index in [2.05, 4.69) is 30.3 Å². The monoisotopic (exact) mass is 562 g/mol. The summed E-state index contributed by atoms with van der Waals surface area (Å²) in [6, 6.07) is 12.9.